The van der Waals surface area contributed by atoms with Gasteiger partial charge in [0.2, 0.25) is 0 Å². The Morgan fingerprint density at radius 1 is 1.21 bits per heavy atom. The molecule has 2 aromatic carbocycles. The minimum absolute atomic E-state index is 0.106. The smallest absolute Gasteiger partial charge is 0.263 e. The number of ether oxygens (including phenoxy) is 1. The van der Waals surface area contributed by atoms with Crippen LogP contribution in [0, 0.1) is 5.82 Å². The number of carbonyl (C=O) groups excluding carboxylic acids is 1. The number of halogens is 2. The van der Waals surface area contributed by atoms with Crippen molar-refractivity contribution in [1.29, 1.82) is 0 Å². The van der Waals surface area contributed by atoms with E-state index in [2.05, 4.69) is 17.4 Å². The van der Waals surface area contributed by atoms with E-state index in [1.807, 2.05) is 25.1 Å². The van der Waals surface area contributed by atoms with Gasteiger partial charge in [-0.05, 0) is 25.1 Å². The highest BCUT2D eigenvalue weighted by Gasteiger charge is 2.33. The van der Waals surface area contributed by atoms with Gasteiger partial charge in [0.05, 0.1) is 24.3 Å². The quantitative estimate of drug-likeness (QED) is 0.647. The molecule has 0 radical (unpaired) electrons. The van der Waals surface area contributed by atoms with E-state index < -0.39 is 0 Å². The molecule has 1 fully saturated rings. The molecule has 0 unspecified atom stereocenters. The first-order valence-corrected chi connectivity index (χ1v) is 10.9. The van der Waals surface area contributed by atoms with E-state index in [4.69, 9.17) is 16.3 Å². The molecule has 4 rings (SSSR count). The molecule has 2 N–H and O–H groups in total. The van der Waals surface area contributed by atoms with Crippen molar-refractivity contribution in [1.82, 2.24) is 5.32 Å². The Balaban J connectivity index is 1.59. The van der Waals surface area contributed by atoms with Gasteiger partial charge in [0.15, 0.2) is 0 Å². The Kier molecular flexibility index (Phi) is 6.15. The fraction of sp³-hybridized carbons (Fsp3) is 0.318. The lowest BCUT2D eigenvalue weighted by molar-refractivity contribution is -0.940. The van der Waals surface area contributed by atoms with Crippen molar-refractivity contribution in [3.63, 3.8) is 0 Å². The molecule has 1 aliphatic heterocycles. The van der Waals surface area contributed by atoms with E-state index in [-0.39, 0.29) is 23.8 Å². The molecular formula is C22H23ClFN2O2S+. The number of morpholine rings is 1. The average Bonchev–Trinajstić information content (AvgIpc) is 3.05. The summed E-state index contributed by atoms with van der Waals surface area (Å²) in [7, 11) is 0. The van der Waals surface area contributed by atoms with Crippen LogP contribution in [0.1, 0.15) is 28.2 Å². The van der Waals surface area contributed by atoms with Crippen LogP contribution in [0.2, 0.25) is 5.02 Å². The van der Waals surface area contributed by atoms with Crippen molar-refractivity contribution >= 4 is 38.9 Å². The Morgan fingerprint density at radius 3 is 2.66 bits per heavy atom. The number of amides is 1. The second kappa shape index (κ2) is 8.79. The predicted octanol–water partition coefficient (Wildman–Crippen LogP) is 3.47. The summed E-state index contributed by atoms with van der Waals surface area (Å²) < 4.78 is 19.7. The molecule has 0 aliphatic carbocycles. The Labute approximate surface area is 178 Å². The van der Waals surface area contributed by atoms with Gasteiger partial charge in [-0.25, -0.2) is 4.39 Å². The number of rotatable bonds is 5. The van der Waals surface area contributed by atoms with E-state index in [1.54, 1.807) is 6.07 Å². The summed E-state index contributed by atoms with van der Waals surface area (Å²) in [5.74, 6) is -0.562. The second-order valence-electron chi connectivity index (χ2n) is 7.31. The molecule has 3 aromatic rings. The summed E-state index contributed by atoms with van der Waals surface area (Å²) in [6.07, 6.45) is 0. The molecule has 1 aliphatic rings. The van der Waals surface area contributed by atoms with Crippen molar-refractivity contribution in [2.45, 2.75) is 19.0 Å². The molecule has 7 heteroatoms. The number of quaternary nitrogens is 1. The lowest BCUT2D eigenvalue weighted by Gasteiger charge is -2.35. The molecule has 0 saturated carbocycles. The third-order valence-electron chi connectivity index (χ3n) is 5.39. The minimum atomic E-state index is -0.337. The average molecular weight is 434 g/mol. The third kappa shape index (κ3) is 4.31. The van der Waals surface area contributed by atoms with Crippen molar-refractivity contribution in [3.8, 4) is 0 Å². The number of carbonyl (C=O) groups is 1. The molecule has 1 saturated heterocycles. The fourth-order valence-electron chi connectivity index (χ4n) is 4.02. The zero-order chi connectivity index (χ0) is 20.4. The molecule has 0 bridgehead atoms. The zero-order valence-electron chi connectivity index (χ0n) is 16.1. The summed E-state index contributed by atoms with van der Waals surface area (Å²) in [6, 6.07) is 14.6. The number of nitrogens with one attached hydrogen (secondary N) is 2. The highest BCUT2D eigenvalue weighted by molar-refractivity contribution is 7.21. The normalized spacial score (nSPS) is 17.2. The topological polar surface area (TPSA) is 42.8 Å². The van der Waals surface area contributed by atoms with Crippen LogP contribution in [-0.2, 0) is 4.74 Å². The molecule has 0 spiro atoms. The molecule has 4 nitrogen and oxygen atoms in total. The highest BCUT2D eigenvalue weighted by atomic mass is 35.5. The molecule has 1 amide bonds. The lowest BCUT2D eigenvalue weighted by Crippen LogP contribution is -3.15. The minimum Gasteiger partial charge on any atom is -0.370 e. The Morgan fingerprint density at radius 2 is 1.93 bits per heavy atom. The van der Waals surface area contributed by atoms with Gasteiger partial charge in [0.25, 0.3) is 5.91 Å². The van der Waals surface area contributed by atoms with Crippen LogP contribution >= 0.6 is 22.9 Å². The Hall–Kier alpha value is -1.99. The van der Waals surface area contributed by atoms with E-state index in [1.165, 1.54) is 33.9 Å². The van der Waals surface area contributed by atoms with Crippen LogP contribution in [0.4, 0.5) is 4.39 Å². The summed E-state index contributed by atoms with van der Waals surface area (Å²) >= 11 is 7.66. The van der Waals surface area contributed by atoms with E-state index in [0.29, 0.717) is 33.2 Å². The van der Waals surface area contributed by atoms with Gasteiger partial charge in [0.1, 0.15) is 29.8 Å². The van der Waals surface area contributed by atoms with Gasteiger partial charge in [-0.3, -0.25) is 4.79 Å². The molecule has 29 heavy (non-hydrogen) atoms. The summed E-state index contributed by atoms with van der Waals surface area (Å²) in [6.45, 7) is 5.24. The maximum absolute atomic E-state index is 13.5. The predicted molar refractivity (Wildman–Crippen MR) is 114 cm³/mol. The first kappa shape index (κ1) is 20.3. The monoisotopic (exact) mass is 433 g/mol. The molecule has 2 heterocycles. The number of hydrogen-bond donors (Lipinski definition) is 2. The first-order chi connectivity index (χ1) is 14.0. The number of benzene rings is 2. The Bertz CT molecular complexity index is 1000. The van der Waals surface area contributed by atoms with Gasteiger partial charge < -0.3 is 15.0 Å². The molecule has 2 atom stereocenters. The number of fused-ring (bicyclic) bond motifs is 1. The van der Waals surface area contributed by atoms with Crippen LogP contribution in [0.5, 0.6) is 0 Å². The van der Waals surface area contributed by atoms with Crippen molar-refractivity contribution < 1.29 is 18.8 Å². The van der Waals surface area contributed by atoms with Gasteiger partial charge in [-0.1, -0.05) is 41.9 Å². The van der Waals surface area contributed by atoms with Gasteiger partial charge in [-0.15, -0.1) is 11.3 Å². The largest absolute Gasteiger partial charge is 0.370 e. The number of hydrogen-bond acceptors (Lipinski definition) is 3. The first-order valence-electron chi connectivity index (χ1n) is 9.70. The van der Waals surface area contributed by atoms with Crippen LogP contribution in [-0.4, -0.2) is 38.3 Å². The lowest BCUT2D eigenvalue weighted by atomic mass is 9.98. The highest BCUT2D eigenvalue weighted by Crippen LogP contribution is 2.35. The maximum atomic E-state index is 13.5. The summed E-state index contributed by atoms with van der Waals surface area (Å²) in [4.78, 5) is 14.8. The van der Waals surface area contributed by atoms with Gasteiger partial charge >= 0.3 is 0 Å². The second-order valence-corrected chi connectivity index (χ2v) is 8.74. The summed E-state index contributed by atoms with van der Waals surface area (Å²) in [5, 5.41) is 4.22. The number of thiophene rings is 1. The van der Waals surface area contributed by atoms with Gasteiger partial charge in [0, 0.05) is 15.6 Å². The zero-order valence-corrected chi connectivity index (χ0v) is 17.7. The maximum Gasteiger partial charge on any atom is 0.263 e. The SMILES string of the molecule is C[C@H](NC(=O)c1sc2cc(F)ccc2c1Cl)[C@H](c1ccccc1)[NH+]1CCOCC1. The van der Waals surface area contributed by atoms with E-state index >= 15 is 0 Å². The van der Waals surface area contributed by atoms with Crippen molar-refractivity contribution in [3.05, 3.63) is 69.8 Å². The molecular weight excluding hydrogens is 411 g/mol. The standard InChI is InChI=1S/C22H22ClFN2O2S/c1-14(20(15-5-3-2-4-6-15)26-9-11-28-12-10-26)25-22(27)21-19(23)17-8-7-16(24)13-18(17)29-21/h2-8,13-14,20H,9-12H2,1H3,(H,25,27)/p+1/t14-,20+/m0/s1. The molecule has 152 valence electrons. The van der Waals surface area contributed by atoms with Crippen LogP contribution in [0.15, 0.2) is 48.5 Å². The van der Waals surface area contributed by atoms with Crippen LogP contribution in [0.25, 0.3) is 10.1 Å². The van der Waals surface area contributed by atoms with E-state index in [9.17, 15) is 9.18 Å². The van der Waals surface area contributed by atoms with Crippen LogP contribution in [0.3, 0.4) is 0 Å². The van der Waals surface area contributed by atoms with Crippen LogP contribution < -0.4 is 10.2 Å². The van der Waals surface area contributed by atoms with Crippen molar-refractivity contribution in [2.24, 2.45) is 0 Å². The van der Waals surface area contributed by atoms with E-state index in [0.717, 1.165) is 13.1 Å². The van der Waals surface area contributed by atoms with Crippen molar-refractivity contribution in [2.75, 3.05) is 26.3 Å². The third-order valence-corrected chi connectivity index (χ3v) is 7.05. The summed E-state index contributed by atoms with van der Waals surface area (Å²) in [5.41, 5.74) is 1.18. The molecule has 1 aromatic heterocycles. The van der Waals surface area contributed by atoms with Gasteiger partial charge in [-0.2, -0.15) is 0 Å². The fourth-order valence-corrected chi connectivity index (χ4v) is 5.47.